The maximum atomic E-state index is 12.9. The molecule has 0 aliphatic carbocycles. The minimum atomic E-state index is 0. The molecule has 0 heterocycles. The van der Waals surface area contributed by atoms with E-state index in [1.54, 1.807) is 0 Å². The fourth-order valence-corrected chi connectivity index (χ4v) is 4.71. The van der Waals surface area contributed by atoms with Crippen LogP contribution in [-0.4, -0.2) is 60.0 Å². The summed E-state index contributed by atoms with van der Waals surface area (Å²) in [6.07, 6.45) is 0.951. The fourth-order valence-electron chi connectivity index (χ4n) is 4.71. The van der Waals surface area contributed by atoms with E-state index in [0.29, 0.717) is 33.6 Å². The van der Waals surface area contributed by atoms with Crippen molar-refractivity contribution < 1.29 is 52.5 Å². The van der Waals surface area contributed by atoms with E-state index in [1.165, 1.54) is 0 Å². The lowest BCUT2D eigenvalue weighted by molar-refractivity contribution is -0.849. The standard InChI is InChI=1S/C28H42N2O2.2BrH/c1-7-29(8-2,9-3)27(31)21-23-13-17-25(18-14-23)26-19-15-24(16-20-26)22-28(32)30(10-4,11-5)12-6;;/h13-20H,7-12,21-22H2,1-6H3;2*1H/q+2;;/p-2. The van der Waals surface area contributed by atoms with Crippen LogP contribution < -0.4 is 34.0 Å². The molecule has 0 unspecified atom stereocenters. The van der Waals surface area contributed by atoms with Crippen molar-refractivity contribution in [2.45, 2.75) is 54.4 Å². The van der Waals surface area contributed by atoms with Gasteiger partial charge in [-0.15, -0.1) is 0 Å². The van der Waals surface area contributed by atoms with Gasteiger partial charge in [-0.2, -0.15) is 0 Å². The normalized spacial score (nSPS) is 11.4. The highest BCUT2D eigenvalue weighted by atomic mass is 79.9. The van der Waals surface area contributed by atoms with Gasteiger partial charge in [-0.05, 0) is 63.8 Å². The summed E-state index contributed by atoms with van der Waals surface area (Å²) in [6.45, 7) is 17.6. The van der Waals surface area contributed by atoms with Gasteiger partial charge in [-0.25, -0.2) is 9.59 Å². The van der Waals surface area contributed by atoms with Crippen molar-refractivity contribution in [2.24, 2.45) is 0 Å². The average Bonchev–Trinajstić information content (AvgIpc) is 2.83. The average molecular weight is 598 g/mol. The number of carbonyl (C=O) groups excluding carboxylic acids is 2. The van der Waals surface area contributed by atoms with E-state index < -0.39 is 0 Å². The Morgan fingerprint density at radius 1 is 0.500 bits per heavy atom. The van der Waals surface area contributed by atoms with E-state index in [4.69, 9.17) is 0 Å². The number of likely N-dealkylation sites (N-methyl/N-ethyl adjacent to an activating group) is 2. The number of carbonyl (C=O) groups is 2. The second-order valence-corrected chi connectivity index (χ2v) is 8.72. The van der Waals surface area contributed by atoms with Crippen LogP contribution in [0.2, 0.25) is 0 Å². The SMILES string of the molecule is CC[N+](CC)(CC)C(=O)Cc1ccc(-c2ccc(CC(=O)[N+](CC)(CC)CC)cc2)cc1.[Br-].[Br-]. The van der Waals surface area contributed by atoms with Crippen molar-refractivity contribution in [2.75, 3.05) is 39.3 Å². The second kappa shape index (κ2) is 14.9. The molecule has 0 saturated carbocycles. The molecule has 34 heavy (non-hydrogen) atoms. The Hall–Kier alpha value is -1.34. The van der Waals surface area contributed by atoms with Gasteiger partial charge in [0.15, 0.2) is 0 Å². The first-order valence-electron chi connectivity index (χ1n) is 12.3. The highest BCUT2D eigenvalue weighted by Crippen LogP contribution is 2.22. The molecule has 0 atom stereocenters. The van der Waals surface area contributed by atoms with E-state index in [2.05, 4.69) is 90.1 Å². The fraction of sp³-hybridized carbons (Fsp3) is 0.500. The maximum absolute atomic E-state index is 12.9. The molecule has 2 amide bonds. The molecule has 2 aromatic rings. The third-order valence-corrected chi connectivity index (χ3v) is 7.64. The molecule has 0 aromatic heterocycles. The van der Waals surface area contributed by atoms with Crippen molar-refractivity contribution in [3.63, 3.8) is 0 Å². The summed E-state index contributed by atoms with van der Waals surface area (Å²) in [5.41, 5.74) is 4.38. The summed E-state index contributed by atoms with van der Waals surface area (Å²) in [7, 11) is 0. The van der Waals surface area contributed by atoms with Crippen molar-refractivity contribution in [1.82, 2.24) is 0 Å². The molecule has 0 aliphatic heterocycles. The van der Waals surface area contributed by atoms with Crippen LogP contribution in [-0.2, 0) is 22.4 Å². The van der Waals surface area contributed by atoms with Crippen molar-refractivity contribution >= 4 is 11.8 Å². The molecule has 2 aromatic carbocycles. The Morgan fingerprint density at radius 2 is 0.735 bits per heavy atom. The largest absolute Gasteiger partial charge is 1.00 e. The smallest absolute Gasteiger partial charge is 0.318 e. The molecule has 0 bridgehead atoms. The number of hydrogen-bond donors (Lipinski definition) is 0. The van der Waals surface area contributed by atoms with Crippen LogP contribution in [0.3, 0.4) is 0 Å². The van der Waals surface area contributed by atoms with Gasteiger partial charge in [0, 0.05) is 0 Å². The van der Waals surface area contributed by atoms with Gasteiger partial charge in [0.05, 0.1) is 52.1 Å². The van der Waals surface area contributed by atoms with E-state index in [-0.39, 0.29) is 34.0 Å². The highest BCUT2D eigenvalue weighted by Gasteiger charge is 2.31. The number of halogens is 2. The molecule has 0 radical (unpaired) electrons. The van der Waals surface area contributed by atoms with Crippen molar-refractivity contribution in [3.8, 4) is 11.1 Å². The summed E-state index contributed by atoms with van der Waals surface area (Å²) in [6, 6.07) is 16.6. The molecule has 0 N–H and O–H groups in total. The van der Waals surface area contributed by atoms with Crippen LogP contribution in [0.5, 0.6) is 0 Å². The maximum Gasteiger partial charge on any atom is 0.318 e. The Balaban J connectivity index is 0.00000544. The van der Waals surface area contributed by atoms with E-state index in [1.807, 2.05) is 0 Å². The zero-order valence-electron chi connectivity index (χ0n) is 21.7. The number of amides is 2. The van der Waals surface area contributed by atoms with Gasteiger partial charge in [0.25, 0.3) is 0 Å². The van der Waals surface area contributed by atoms with Gasteiger partial charge in [-0.1, -0.05) is 48.5 Å². The van der Waals surface area contributed by atoms with Gasteiger partial charge in [0.1, 0.15) is 0 Å². The first-order chi connectivity index (χ1) is 15.3. The number of quaternary nitrogens is 2. The molecule has 190 valence electrons. The first kappa shape index (κ1) is 32.7. The van der Waals surface area contributed by atoms with Crippen LogP contribution in [0.1, 0.15) is 52.7 Å². The van der Waals surface area contributed by atoms with Crippen molar-refractivity contribution in [3.05, 3.63) is 59.7 Å². The highest BCUT2D eigenvalue weighted by molar-refractivity contribution is 5.74. The zero-order valence-corrected chi connectivity index (χ0v) is 24.9. The number of hydrogen-bond acceptors (Lipinski definition) is 2. The monoisotopic (exact) mass is 596 g/mol. The minimum absolute atomic E-state index is 0. The van der Waals surface area contributed by atoms with Crippen LogP contribution in [0.25, 0.3) is 11.1 Å². The molecule has 4 nitrogen and oxygen atoms in total. The Morgan fingerprint density at radius 3 is 0.941 bits per heavy atom. The lowest BCUT2D eigenvalue weighted by Crippen LogP contribution is -3.00. The number of benzene rings is 2. The van der Waals surface area contributed by atoms with Crippen LogP contribution in [0.4, 0.5) is 0 Å². The van der Waals surface area contributed by atoms with E-state index in [9.17, 15) is 9.59 Å². The van der Waals surface area contributed by atoms with Gasteiger partial charge in [0.2, 0.25) is 0 Å². The van der Waals surface area contributed by atoms with Crippen LogP contribution in [0.15, 0.2) is 48.5 Å². The topological polar surface area (TPSA) is 34.1 Å². The van der Waals surface area contributed by atoms with Crippen molar-refractivity contribution in [1.29, 1.82) is 0 Å². The second-order valence-electron chi connectivity index (χ2n) is 8.72. The molecule has 0 spiro atoms. The summed E-state index contributed by atoms with van der Waals surface area (Å²) >= 11 is 0. The minimum Gasteiger partial charge on any atom is -1.00 e. The molecule has 6 heteroatoms. The first-order valence-corrected chi connectivity index (χ1v) is 12.3. The Labute approximate surface area is 228 Å². The van der Waals surface area contributed by atoms with Gasteiger partial charge >= 0.3 is 11.8 Å². The van der Waals surface area contributed by atoms with Gasteiger partial charge < -0.3 is 34.0 Å². The molecule has 2 rings (SSSR count). The summed E-state index contributed by atoms with van der Waals surface area (Å²) in [4.78, 5) is 25.8. The molecule has 0 saturated heterocycles. The summed E-state index contributed by atoms with van der Waals surface area (Å²) < 4.78 is 1.08. The third kappa shape index (κ3) is 7.33. The predicted octanol–water partition coefficient (Wildman–Crippen LogP) is -0.747. The van der Waals surface area contributed by atoms with Crippen LogP contribution >= 0.6 is 0 Å². The third-order valence-electron chi connectivity index (χ3n) is 7.64. The summed E-state index contributed by atoms with van der Waals surface area (Å²) in [5, 5.41) is 0. The Bertz CT molecular complexity index is 796. The number of nitrogens with zero attached hydrogens (tertiary/aromatic N) is 2. The summed E-state index contributed by atoms with van der Waals surface area (Å²) in [5.74, 6) is 0.583. The van der Waals surface area contributed by atoms with E-state index in [0.717, 1.165) is 61.5 Å². The van der Waals surface area contributed by atoms with Gasteiger partial charge in [-0.3, -0.25) is 8.97 Å². The molecular weight excluding hydrogens is 556 g/mol. The lowest BCUT2D eigenvalue weighted by atomic mass is 10.00. The predicted molar refractivity (Wildman–Crippen MR) is 133 cm³/mol. The number of rotatable bonds is 11. The molecular formula is C28H42Br2N2O2. The molecule has 0 fully saturated rings. The van der Waals surface area contributed by atoms with E-state index >= 15 is 0 Å². The quantitative estimate of drug-likeness (QED) is 0.320. The Kier molecular flexibility index (Phi) is 14.3. The molecule has 0 aliphatic rings. The lowest BCUT2D eigenvalue weighted by Gasteiger charge is -2.32. The van der Waals surface area contributed by atoms with Crippen LogP contribution in [0, 0.1) is 0 Å². The zero-order chi connectivity index (χ0) is 23.8.